The summed E-state index contributed by atoms with van der Waals surface area (Å²) in [5, 5.41) is 13.5. The van der Waals surface area contributed by atoms with Gasteiger partial charge in [-0.3, -0.25) is 14.5 Å². The highest BCUT2D eigenvalue weighted by Gasteiger charge is 2.37. The van der Waals surface area contributed by atoms with Crippen LogP contribution in [0.25, 0.3) is 0 Å². The molecule has 1 aliphatic rings. The van der Waals surface area contributed by atoms with Gasteiger partial charge in [0.05, 0.1) is 23.6 Å². The molecule has 22 heavy (non-hydrogen) atoms. The highest BCUT2D eigenvalue weighted by atomic mass is 16.2. The summed E-state index contributed by atoms with van der Waals surface area (Å²) in [5.41, 5.74) is 1.04. The number of amides is 4. The molecular formula is C15H16N4O3. The number of anilines is 1. The van der Waals surface area contributed by atoms with Gasteiger partial charge in [-0.25, -0.2) is 4.79 Å². The second-order valence-electron chi connectivity index (χ2n) is 5.12. The van der Waals surface area contributed by atoms with Crippen LogP contribution >= 0.6 is 0 Å². The third kappa shape index (κ3) is 2.91. The predicted molar refractivity (Wildman–Crippen MR) is 79.3 cm³/mol. The van der Waals surface area contributed by atoms with Crippen LogP contribution in [-0.2, 0) is 0 Å². The quantitative estimate of drug-likeness (QED) is 0.653. The van der Waals surface area contributed by atoms with Crippen LogP contribution in [0, 0.1) is 11.3 Å². The Morgan fingerprint density at radius 1 is 1.27 bits per heavy atom. The Kier molecular flexibility index (Phi) is 4.41. The van der Waals surface area contributed by atoms with Crippen LogP contribution in [0.4, 0.5) is 10.5 Å². The maximum absolute atomic E-state index is 12.2. The third-order valence-electron chi connectivity index (χ3n) is 3.21. The highest BCUT2D eigenvalue weighted by molar-refractivity contribution is 6.22. The van der Waals surface area contributed by atoms with Crippen LogP contribution in [0.3, 0.4) is 0 Å². The SMILES string of the molecule is CC(C)N1C(=O)c2ccc(NC(=O)NCCC#N)cc2C1=O. The number of benzene rings is 1. The number of imide groups is 1. The standard InChI is InChI=1S/C15H16N4O3/c1-9(2)19-13(20)11-5-4-10(8-12(11)14(19)21)18-15(22)17-7-3-6-16/h4-5,8-9H,3,7H2,1-2H3,(H2,17,18,22). The maximum Gasteiger partial charge on any atom is 0.319 e. The van der Waals surface area contributed by atoms with Gasteiger partial charge in [-0.05, 0) is 32.0 Å². The fourth-order valence-corrected chi connectivity index (χ4v) is 2.21. The fraction of sp³-hybridized carbons (Fsp3) is 0.333. The number of rotatable bonds is 4. The molecule has 0 bridgehead atoms. The van der Waals surface area contributed by atoms with Gasteiger partial charge in [-0.1, -0.05) is 0 Å². The van der Waals surface area contributed by atoms with E-state index in [0.29, 0.717) is 11.3 Å². The summed E-state index contributed by atoms with van der Waals surface area (Å²) in [6.45, 7) is 3.78. The number of nitriles is 1. The van der Waals surface area contributed by atoms with E-state index in [2.05, 4.69) is 10.6 Å². The van der Waals surface area contributed by atoms with Crippen molar-refractivity contribution in [3.05, 3.63) is 29.3 Å². The minimum Gasteiger partial charge on any atom is -0.337 e. The first-order valence-corrected chi connectivity index (χ1v) is 6.89. The number of hydrogen-bond acceptors (Lipinski definition) is 4. The lowest BCUT2D eigenvalue weighted by molar-refractivity contribution is 0.0609. The van der Waals surface area contributed by atoms with Gasteiger partial charge in [0.15, 0.2) is 0 Å². The van der Waals surface area contributed by atoms with Gasteiger partial charge >= 0.3 is 6.03 Å². The van der Waals surface area contributed by atoms with E-state index in [4.69, 9.17) is 5.26 Å². The van der Waals surface area contributed by atoms with Crippen molar-refractivity contribution in [1.82, 2.24) is 10.2 Å². The average molecular weight is 300 g/mol. The molecule has 114 valence electrons. The molecule has 0 aliphatic carbocycles. The molecule has 0 aromatic heterocycles. The van der Waals surface area contributed by atoms with E-state index in [9.17, 15) is 14.4 Å². The molecule has 0 spiro atoms. The Balaban J connectivity index is 2.14. The summed E-state index contributed by atoms with van der Waals surface area (Å²) >= 11 is 0. The Hall–Kier alpha value is -2.88. The number of nitrogens with one attached hydrogen (secondary N) is 2. The van der Waals surface area contributed by atoms with E-state index >= 15 is 0 Å². The first-order valence-electron chi connectivity index (χ1n) is 6.89. The topological polar surface area (TPSA) is 102 Å². The van der Waals surface area contributed by atoms with Gasteiger partial charge in [0, 0.05) is 18.3 Å². The predicted octanol–water partition coefficient (Wildman–Crippen LogP) is 1.73. The number of nitrogens with zero attached hydrogens (tertiary/aromatic N) is 2. The van der Waals surface area contributed by atoms with Crippen molar-refractivity contribution in [3.8, 4) is 6.07 Å². The Morgan fingerprint density at radius 2 is 1.95 bits per heavy atom. The van der Waals surface area contributed by atoms with E-state index in [0.717, 1.165) is 0 Å². The average Bonchev–Trinajstić information content (AvgIpc) is 2.71. The largest absolute Gasteiger partial charge is 0.337 e. The van der Waals surface area contributed by atoms with Crippen molar-refractivity contribution < 1.29 is 14.4 Å². The summed E-state index contributed by atoms with van der Waals surface area (Å²) in [6, 6.07) is 5.81. The van der Waals surface area contributed by atoms with Gasteiger partial charge < -0.3 is 10.6 Å². The van der Waals surface area contributed by atoms with Gasteiger partial charge in [-0.15, -0.1) is 0 Å². The lowest BCUT2D eigenvalue weighted by Crippen LogP contribution is -2.35. The Bertz CT molecular complexity index is 676. The fourth-order valence-electron chi connectivity index (χ4n) is 2.21. The number of hydrogen-bond donors (Lipinski definition) is 2. The zero-order valence-corrected chi connectivity index (χ0v) is 12.3. The van der Waals surface area contributed by atoms with Crippen molar-refractivity contribution in [1.29, 1.82) is 5.26 Å². The third-order valence-corrected chi connectivity index (χ3v) is 3.21. The monoisotopic (exact) mass is 300 g/mol. The molecule has 2 rings (SSSR count). The van der Waals surface area contributed by atoms with Crippen molar-refractivity contribution in [2.75, 3.05) is 11.9 Å². The van der Waals surface area contributed by atoms with Crippen molar-refractivity contribution in [2.45, 2.75) is 26.3 Å². The van der Waals surface area contributed by atoms with E-state index in [1.165, 1.54) is 17.0 Å². The molecule has 1 aromatic carbocycles. The summed E-state index contributed by atoms with van der Waals surface area (Å²) in [6.07, 6.45) is 0.216. The van der Waals surface area contributed by atoms with Crippen molar-refractivity contribution in [3.63, 3.8) is 0 Å². The van der Waals surface area contributed by atoms with Gasteiger partial charge in [0.1, 0.15) is 0 Å². The van der Waals surface area contributed by atoms with Crippen LogP contribution in [0.2, 0.25) is 0 Å². The smallest absolute Gasteiger partial charge is 0.319 e. The molecule has 0 radical (unpaired) electrons. The summed E-state index contributed by atoms with van der Waals surface area (Å²) < 4.78 is 0. The van der Waals surface area contributed by atoms with Crippen LogP contribution in [-0.4, -0.2) is 35.3 Å². The zero-order valence-electron chi connectivity index (χ0n) is 12.3. The summed E-state index contributed by atoms with van der Waals surface area (Å²) in [7, 11) is 0. The Labute approximate surface area is 127 Å². The van der Waals surface area contributed by atoms with E-state index in [1.807, 2.05) is 6.07 Å². The summed E-state index contributed by atoms with van der Waals surface area (Å²) in [5.74, 6) is -0.677. The van der Waals surface area contributed by atoms with Gasteiger partial charge in [0.25, 0.3) is 11.8 Å². The van der Waals surface area contributed by atoms with E-state index < -0.39 is 6.03 Å². The molecule has 0 saturated carbocycles. The Morgan fingerprint density at radius 3 is 2.59 bits per heavy atom. The lowest BCUT2D eigenvalue weighted by Gasteiger charge is -2.17. The number of carbonyl (C=O) groups is 3. The first-order chi connectivity index (χ1) is 10.5. The molecular weight excluding hydrogens is 284 g/mol. The molecule has 0 saturated heterocycles. The maximum atomic E-state index is 12.2. The highest BCUT2D eigenvalue weighted by Crippen LogP contribution is 2.27. The molecule has 1 aromatic rings. The molecule has 0 unspecified atom stereocenters. The number of fused-ring (bicyclic) bond motifs is 1. The lowest BCUT2D eigenvalue weighted by atomic mass is 10.1. The molecule has 7 nitrogen and oxygen atoms in total. The van der Waals surface area contributed by atoms with Crippen molar-refractivity contribution >= 4 is 23.5 Å². The van der Waals surface area contributed by atoms with Gasteiger partial charge in [-0.2, -0.15) is 5.26 Å². The normalized spacial score (nSPS) is 13.1. The van der Waals surface area contributed by atoms with Crippen LogP contribution in [0.1, 0.15) is 41.0 Å². The summed E-state index contributed by atoms with van der Waals surface area (Å²) in [4.78, 5) is 37.2. The van der Waals surface area contributed by atoms with Crippen LogP contribution < -0.4 is 10.6 Å². The molecule has 0 fully saturated rings. The van der Waals surface area contributed by atoms with E-state index in [1.54, 1.807) is 19.9 Å². The zero-order chi connectivity index (χ0) is 16.3. The minimum atomic E-state index is -0.465. The number of carbonyl (C=O) groups excluding carboxylic acids is 3. The molecule has 1 aliphatic heterocycles. The number of urea groups is 1. The second-order valence-corrected chi connectivity index (χ2v) is 5.12. The molecule has 2 N–H and O–H groups in total. The second kappa shape index (κ2) is 6.26. The molecule has 1 heterocycles. The molecule has 4 amide bonds. The molecule has 0 atom stereocenters. The van der Waals surface area contributed by atoms with Gasteiger partial charge in [0.2, 0.25) is 0 Å². The van der Waals surface area contributed by atoms with Crippen molar-refractivity contribution in [2.24, 2.45) is 0 Å². The molecule has 7 heteroatoms. The minimum absolute atomic E-state index is 0.216. The first kappa shape index (κ1) is 15.5. The van der Waals surface area contributed by atoms with Crippen LogP contribution in [0.5, 0.6) is 0 Å². The van der Waals surface area contributed by atoms with E-state index in [-0.39, 0.29) is 36.4 Å². The van der Waals surface area contributed by atoms with Crippen LogP contribution in [0.15, 0.2) is 18.2 Å².